The topological polar surface area (TPSA) is 49.4 Å². The maximum atomic E-state index is 13.7. The largest absolute Gasteiger partial charge is 0.350 e. The number of carbonyl (C=O) groups is 2. The number of fused-ring (bicyclic) bond motifs is 1. The molecule has 1 aromatic heterocycles. The molecule has 1 aliphatic heterocycles. The Labute approximate surface area is 184 Å². The van der Waals surface area contributed by atoms with Gasteiger partial charge < -0.3 is 5.32 Å². The van der Waals surface area contributed by atoms with Gasteiger partial charge in [0, 0.05) is 16.0 Å². The van der Waals surface area contributed by atoms with E-state index in [1.54, 1.807) is 0 Å². The number of anilines is 2. The Kier molecular flexibility index (Phi) is 4.68. The molecule has 0 fully saturated rings. The fourth-order valence-corrected chi connectivity index (χ4v) is 4.69. The van der Waals surface area contributed by atoms with Gasteiger partial charge in [-0.15, -0.1) is 11.3 Å². The van der Waals surface area contributed by atoms with E-state index in [4.69, 9.17) is 0 Å². The van der Waals surface area contributed by atoms with Gasteiger partial charge in [-0.1, -0.05) is 54.6 Å². The lowest BCUT2D eigenvalue weighted by atomic mass is 10.1. The zero-order valence-electron chi connectivity index (χ0n) is 17.2. The average molecular weight is 425 g/mol. The third-order valence-electron chi connectivity index (χ3n) is 5.51. The van der Waals surface area contributed by atoms with Crippen molar-refractivity contribution in [1.29, 1.82) is 0 Å². The van der Waals surface area contributed by atoms with Crippen LogP contribution in [0.2, 0.25) is 0 Å². The van der Waals surface area contributed by atoms with E-state index in [1.165, 1.54) is 16.2 Å². The summed E-state index contributed by atoms with van der Waals surface area (Å²) in [6.07, 6.45) is 0. The molecule has 1 N–H and O–H groups in total. The van der Waals surface area contributed by atoms with Crippen LogP contribution in [0.4, 0.5) is 11.4 Å². The zero-order chi connectivity index (χ0) is 21.5. The molecule has 0 saturated heterocycles. The molecule has 4 nitrogen and oxygen atoms in total. The van der Waals surface area contributed by atoms with Crippen molar-refractivity contribution in [3.05, 3.63) is 99.9 Å². The summed E-state index contributed by atoms with van der Waals surface area (Å²) in [5.74, 6) is -0.651. The maximum absolute atomic E-state index is 13.7. The Morgan fingerprint density at radius 1 is 0.839 bits per heavy atom. The van der Waals surface area contributed by atoms with Crippen LogP contribution in [0.25, 0.3) is 16.3 Å². The van der Waals surface area contributed by atoms with Crippen LogP contribution in [0, 0.1) is 13.8 Å². The fourth-order valence-electron chi connectivity index (χ4n) is 3.92. The van der Waals surface area contributed by atoms with E-state index in [9.17, 15) is 9.59 Å². The van der Waals surface area contributed by atoms with Gasteiger partial charge in [-0.3, -0.25) is 9.59 Å². The van der Waals surface area contributed by atoms with E-state index >= 15 is 0 Å². The molecule has 2 heterocycles. The summed E-state index contributed by atoms with van der Waals surface area (Å²) in [7, 11) is 0. The van der Waals surface area contributed by atoms with E-state index in [0.717, 1.165) is 32.5 Å². The summed E-state index contributed by atoms with van der Waals surface area (Å²) in [5.41, 5.74) is 4.23. The normalized spacial score (nSPS) is 14.1. The number of imide groups is 1. The molecular weight excluding hydrogens is 404 g/mol. The van der Waals surface area contributed by atoms with Crippen molar-refractivity contribution in [2.75, 3.05) is 10.2 Å². The van der Waals surface area contributed by atoms with Crippen molar-refractivity contribution in [3.63, 3.8) is 0 Å². The van der Waals surface area contributed by atoms with Gasteiger partial charge in [0.15, 0.2) is 0 Å². The zero-order valence-corrected chi connectivity index (χ0v) is 18.0. The summed E-state index contributed by atoms with van der Waals surface area (Å²) in [4.78, 5) is 29.3. The van der Waals surface area contributed by atoms with Crippen molar-refractivity contribution in [2.24, 2.45) is 0 Å². The van der Waals surface area contributed by atoms with Crippen molar-refractivity contribution >= 4 is 50.9 Å². The number of benzene rings is 3. The number of amides is 2. The number of rotatable bonds is 4. The lowest BCUT2D eigenvalue weighted by Crippen LogP contribution is -2.32. The second-order valence-corrected chi connectivity index (χ2v) is 8.56. The molecule has 1 aliphatic rings. The molecule has 0 saturated carbocycles. The third kappa shape index (κ3) is 3.23. The molecule has 2 amide bonds. The number of carbonyl (C=O) groups excluding carboxylic acids is 2. The Bertz CT molecular complexity index is 1360. The number of nitrogens with one attached hydrogen (secondary N) is 1. The number of nitrogens with zero attached hydrogens (tertiary/aromatic N) is 1. The van der Waals surface area contributed by atoms with Gasteiger partial charge in [-0.2, -0.15) is 0 Å². The standard InChI is InChI=1S/C26H20N2O2S/c1-16-12-13-17(2)20(15-16)27-24-23(22-11-6-14-31-22)25(29)28(26(24)30)21-10-5-8-18-7-3-4-9-19(18)21/h3-15,27H,1-2H3. The molecule has 4 aromatic rings. The average Bonchev–Trinajstić information content (AvgIpc) is 3.37. The van der Waals surface area contributed by atoms with E-state index < -0.39 is 0 Å². The van der Waals surface area contributed by atoms with Gasteiger partial charge in [-0.25, -0.2) is 4.90 Å². The number of aryl methyl sites for hydroxylation is 2. The highest BCUT2D eigenvalue weighted by molar-refractivity contribution is 7.11. The highest BCUT2D eigenvalue weighted by Crippen LogP contribution is 2.38. The van der Waals surface area contributed by atoms with Crippen LogP contribution in [-0.2, 0) is 9.59 Å². The summed E-state index contributed by atoms with van der Waals surface area (Å²) >= 11 is 1.45. The summed E-state index contributed by atoms with van der Waals surface area (Å²) in [5, 5.41) is 7.05. The second-order valence-electron chi connectivity index (χ2n) is 7.61. The lowest BCUT2D eigenvalue weighted by molar-refractivity contribution is -0.120. The Morgan fingerprint density at radius 3 is 2.45 bits per heavy atom. The molecular formula is C26H20N2O2S. The molecule has 0 aliphatic carbocycles. The number of hydrogen-bond donors (Lipinski definition) is 1. The maximum Gasteiger partial charge on any atom is 0.282 e. The van der Waals surface area contributed by atoms with Crippen LogP contribution in [0.5, 0.6) is 0 Å². The van der Waals surface area contributed by atoms with Crippen LogP contribution in [-0.4, -0.2) is 11.8 Å². The predicted molar refractivity (Wildman–Crippen MR) is 127 cm³/mol. The molecule has 0 spiro atoms. The van der Waals surface area contributed by atoms with Gasteiger partial charge in [0.2, 0.25) is 0 Å². The van der Waals surface area contributed by atoms with Crippen molar-refractivity contribution in [3.8, 4) is 0 Å². The molecule has 0 unspecified atom stereocenters. The minimum atomic E-state index is -0.342. The molecule has 152 valence electrons. The first-order valence-corrected chi connectivity index (χ1v) is 10.9. The molecule has 3 aromatic carbocycles. The smallest absolute Gasteiger partial charge is 0.282 e. The molecule has 5 rings (SSSR count). The SMILES string of the molecule is Cc1ccc(C)c(NC2=C(c3cccs3)C(=O)N(c3cccc4ccccc34)C2=O)c1. The highest BCUT2D eigenvalue weighted by atomic mass is 32.1. The summed E-state index contributed by atoms with van der Waals surface area (Å²) in [6, 6.07) is 23.3. The van der Waals surface area contributed by atoms with Crippen LogP contribution in [0.15, 0.2) is 83.9 Å². The van der Waals surface area contributed by atoms with Gasteiger partial charge in [-0.05, 0) is 53.9 Å². The van der Waals surface area contributed by atoms with Crippen molar-refractivity contribution in [2.45, 2.75) is 13.8 Å². The molecule has 0 atom stereocenters. The van der Waals surface area contributed by atoms with E-state index in [1.807, 2.05) is 92.0 Å². The molecule has 0 bridgehead atoms. The van der Waals surface area contributed by atoms with Crippen LogP contribution in [0.1, 0.15) is 16.0 Å². The first-order chi connectivity index (χ1) is 15.0. The third-order valence-corrected chi connectivity index (χ3v) is 6.40. The van der Waals surface area contributed by atoms with E-state index in [-0.39, 0.29) is 11.8 Å². The number of hydrogen-bond acceptors (Lipinski definition) is 4. The highest BCUT2D eigenvalue weighted by Gasteiger charge is 2.41. The molecule has 31 heavy (non-hydrogen) atoms. The second kappa shape index (κ2) is 7.52. The first-order valence-electron chi connectivity index (χ1n) is 10.0. The monoisotopic (exact) mass is 424 g/mol. The van der Waals surface area contributed by atoms with Crippen molar-refractivity contribution < 1.29 is 9.59 Å². The summed E-state index contributed by atoms with van der Waals surface area (Å²) in [6.45, 7) is 3.99. The van der Waals surface area contributed by atoms with Gasteiger partial charge in [0.05, 0.1) is 11.3 Å². The summed E-state index contributed by atoms with van der Waals surface area (Å²) < 4.78 is 0. The minimum Gasteiger partial charge on any atom is -0.350 e. The minimum absolute atomic E-state index is 0.309. The van der Waals surface area contributed by atoms with Gasteiger partial charge in [0.1, 0.15) is 5.70 Å². The Hall–Kier alpha value is -3.70. The van der Waals surface area contributed by atoms with E-state index in [2.05, 4.69) is 5.32 Å². The fraction of sp³-hybridized carbons (Fsp3) is 0.0769. The first kappa shape index (κ1) is 19.3. The Balaban J connectivity index is 1.66. The van der Waals surface area contributed by atoms with Crippen molar-refractivity contribution in [1.82, 2.24) is 0 Å². The quantitative estimate of drug-likeness (QED) is 0.414. The number of thiophene rings is 1. The van der Waals surface area contributed by atoms with E-state index in [0.29, 0.717) is 17.0 Å². The van der Waals surface area contributed by atoms with Crippen LogP contribution >= 0.6 is 11.3 Å². The van der Waals surface area contributed by atoms with Crippen LogP contribution < -0.4 is 10.2 Å². The predicted octanol–water partition coefficient (Wildman–Crippen LogP) is 5.91. The molecule has 0 radical (unpaired) electrons. The lowest BCUT2D eigenvalue weighted by Gasteiger charge is -2.18. The van der Waals surface area contributed by atoms with Crippen LogP contribution in [0.3, 0.4) is 0 Å². The Morgan fingerprint density at radius 2 is 1.65 bits per heavy atom. The van der Waals surface area contributed by atoms with Gasteiger partial charge >= 0.3 is 0 Å². The van der Waals surface area contributed by atoms with Gasteiger partial charge in [0.25, 0.3) is 11.8 Å². The molecule has 5 heteroatoms.